The molecule has 150 valence electrons. The highest BCUT2D eigenvalue weighted by molar-refractivity contribution is 5.89. The van der Waals surface area contributed by atoms with Crippen molar-refractivity contribution < 1.29 is 29.1 Å². The van der Waals surface area contributed by atoms with Crippen molar-refractivity contribution in [1.82, 2.24) is 0 Å². The molecule has 6 nitrogen and oxygen atoms in total. The first-order chi connectivity index (χ1) is 13.2. The topological polar surface area (TPSA) is 71.1 Å². The monoisotopic (exact) mass is 386 g/mol. The lowest BCUT2D eigenvalue weighted by Gasteiger charge is -2.28. The van der Waals surface area contributed by atoms with Crippen molar-refractivity contribution in [3.05, 3.63) is 71.8 Å². The van der Waals surface area contributed by atoms with Crippen LogP contribution in [0.4, 0.5) is 0 Å². The third-order valence-corrected chi connectivity index (χ3v) is 4.03. The van der Waals surface area contributed by atoms with E-state index in [9.17, 15) is 9.59 Å². The standard InChI is InChI=1S/C22H26O6/c1-21(2,27-25-19(23)17-11-7-5-8-12-17)15-16-22(3,4)28-26-20(24)18-13-9-6-10-14-18/h5-14H,15-16H2,1-4H3. The predicted octanol–water partition coefficient (Wildman–Crippen LogP) is 4.90. The summed E-state index contributed by atoms with van der Waals surface area (Å²) in [7, 11) is 0. The highest BCUT2D eigenvalue weighted by atomic mass is 17.2. The van der Waals surface area contributed by atoms with Crippen LogP contribution < -0.4 is 0 Å². The van der Waals surface area contributed by atoms with Gasteiger partial charge in [-0.1, -0.05) is 36.4 Å². The van der Waals surface area contributed by atoms with E-state index in [1.54, 1.807) is 76.2 Å². The number of rotatable bonds is 9. The molecule has 2 aromatic rings. The van der Waals surface area contributed by atoms with Crippen LogP contribution in [0.2, 0.25) is 0 Å². The fourth-order valence-electron chi connectivity index (χ4n) is 2.23. The molecule has 0 saturated carbocycles. The summed E-state index contributed by atoms with van der Waals surface area (Å²) in [5, 5.41) is 0. The van der Waals surface area contributed by atoms with Crippen LogP contribution in [0.1, 0.15) is 61.3 Å². The summed E-state index contributed by atoms with van der Waals surface area (Å²) in [6.07, 6.45) is 1.01. The molecule has 0 fully saturated rings. The Morgan fingerprint density at radius 2 is 0.964 bits per heavy atom. The minimum absolute atomic E-state index is 0.412. The quantitative estimate of drug-likeness (QED) is 0.451. The maximum atomic E-state index is 12.0. The van der Waals surface area contributed by atoms with Crippen molar-refractivity contribution in [1.29, 1.82) is 0 Å². The fraction of sp³-hybridized carbons (Fsp3) is 0.364. The summed E-state index contributed by atoms with van der Waals surface area (Å²) >= 11 is 0. The van der Waals surface area contributed by atoms with Crippen molar-refractivity contribution >= 4 is 11.9 Å². The summed E-state index contributed by atoms with van der Waals surface area (Å²) in [6.45, 7) is 7.21. The number of hydrogen-bond acceptors (Lipinski definition) is 6. The number of benzene rings is 2. The second kappa shape index (κ2) is 9.48. The molecule has 0 aliphatic heterocycles. The van der Waals surface area contributed by atoms with Gasteiger partial charge in [-0.3, -0.25) is 9.78 Å². The molecule has 0 saturated heterocycles. The average Bonchev–Trinajstić information content (AvgIpc) is 2.70. The molecule has 0 aliphatic carbocycles. The van der Waals surface area contributed by atoms with Gasteiger partial charge in [0.15, 0.2) is 0 Å². The van der Waals surface area contributed by atoms with E-state index in [-0.39, 0.29) is 0 Å². The molecule has 0 heterocycles. The van der Waals surface area contributed by atoms with Crippen molar-refractivity contribution in [2.24, 2.45) is 0 Å². The van der Waals surface area contributed by atoms with E-state index < -0.39 is 23.1 Å². The van der Waals surface area contributed by atoms with Gasteiger partial charge in [0.25, 0.3) is 0 Å². The van der Waals surface area contributed by atoms with Crippen LogP contribution in [0, 0.1) is 0 Å². The van der Waals surface area contributed by atoms with Gasteiger partial charge in [-0.05, 0) is 64.8 Å². The molecule has 0 atom stereocenters. The SMILES string of the molecule is CC(C)(CCC(C)(C)OOC(=O)c1ccccc1)OOC(=O)c1ccccc1. The molecular formula is C22H26O6. The molecule has 0 bridgehead atoms. The van der Waals surface area contributed by atoms with Gasteiger partial charge in [0.1, 0.15) is 11.2 Å². The number of carbonyl (C=O) groups is 2. The third-order valence-electron chi connectivity index (χ3n) is 4.03. The van der Waals surface area contributed by atoms with Gasteiger partial charge in [-0.2, -0.15) is 9.78 Å². The lowest BCUT2D eigenvalue weighted by atomic mass is 9.94. The second-order valence-corrected chi connectivity index (χ2v) is 7.66. The van der Waals surface area contributed by atoms with Gasteiger partial charge in [0, 0.05) is 0 Å². The van der Waals surface area contributed by atoms with Crippen molar-refractivity contribution in [2.45, 2.75) is 51.7 Å². The molecule has 2 aromatic carbocycles. The molecule has 0 N–H and O–H groups in total. The first-order valence-corrected chi connectivity index (χ1v) is 9.09. The Morgan fingerprint density at radius 3 is 1.29 bits per heavy atom. The molecule has 0 unspecified atom stereocenters. The van der Waals surface area contributed by atoms with E-state index in [4.69, 9.17) is 19.6 Å². The maximum absolute atomic E-state index is 12.0. The van der Waals surface area contributed by atoms with Crippen LogP contribution in [-0.4, -0.2) is 23.1 Å². The highest BCUT2D eigenvalue weighted by Crippen LogP contribution is 2.26. The lowest BCUT2D eigenvalue weighted by molar-refractivity contribution is -0.325. The van der Waals surface area contributed by atoms with Crippen molar-refractivity contribution in [3.8, 4) is 0 Å². The van der Waals surface area contributed by atoms with Crippen molar-refractivity contribution in [3.63, 3.8) is 0 Å². The molecule has 0 aliphatic rings. The molecule has 6 heteroatoms. The molecular weight excluding hydrogens is 360 g/mol. The van der Waals surface area contributed by atoms with Crippen LogP contribution in [0.25, 0.3) is 0 Å². The van der Waals surface area contributed by atoms with Crippen LogP contribution in [-0.2, 0) is 19.6 Å². The zero-order valence-corrected chi connectivity index (χ0v) is 16.6. The van der Waals surface area contributed by atoms with Crippen LogP contribution >= 0.6 is 0 Å². The molecule has 0 spiro atoms. The highest BCUT2D eigenvalue weighted by Gasteiger charge is 2.30. The minimum atomic E-state index is -0.742. The van der Waals surface area contributed by atoms with E-state index in [1.165, 1.54) is 0 Å². The summed E-state index contributed by atoms with van der Waals surface area (Å²) in [6, 6.07) is 17.2. The summed E-state index contributed by atoms with van der Waals surface area (Å²) in [5.41, 5.74) is -0.659. The Hall–Kier alpha value is -2.70. The van der Waals surface area contributed by atoms with Gasteiger partial charge >= 0.3 is 11.9 Å². The van der Waals surface area contributed by atoms with E-state index >= 15 is 0 Å². The molecule has 0 aromatic heterocycles. The average molecular weight is 386 g/mol. The van der Waals surface area contributed by atoms with E-state index in [0.29, 0.717) is 24.0 Å². The van der Waals surface area contributed by atoms with E-state index in [0.717, 1.165) is 0 Å². The van der Waals surface area contributed by atoms with Gasteiger partial charge in [-0.25, -0.2) is 9.59 Å². The summed E-state index contributed by atoms with van der Waals surface area (Å²) in [4.78, 5) is 44.5. The smallest absolute Gasteiger partial charge is 0.292 e. The first kappa shape index (κ1) is 21.6. The predicted molar refractivity (Wildman–Crippen MR) is 103 cm³/mol. The molecule has 0 amide bonds. The Labute approximate surface area is 165 Å². The largest absolute Gasteiger partial charge is 0.373 e. The maximum Gasteiger partial charge on any atom is 0.373 e. The van der Waals surface area contributed by atoms with Gasteiger partial charge in [0.2, 0.25) is 0 Å². The van der Waals surface area contributed by atoms with Crippen molar-refractivity contribution in [2.75, 3.05) is 0 Å². The van der Waals surface area contributed by atoms with Crippen LogP contribution in [0.15, 0.2) is 60.7 Å². The molecule has 0 radical (unpaired) electrons. The Balaban J connectivity index is 1.78. The Morgan fingerprint density at radius 1 is 0.643 bits per heavy atom. The Kier molecular flexibility index (Phi) is 7.31. The van der Waals surface area contributed by atoms with E-state index in [1.807, 2.05) is 12.1 Å². The zero-order valence-electron chi connectivity index (χ0n) is 16.6. The van der Waals surface area contributed by atoms with Crippen LogP contribution in [0.5, 0.6) is 0 Å². The minimum Gasteiger partial charge on any atom is -0.292 e. The fourth-order valence-corrected chi connectivity index (χ4v) is 2.23. The third kappa shape index (κ3) is 7.13. The Bertz CT molecular complexity index is 701. The summed E-state index contributed by atoms with van der Waals surface area (Å²) < 4.78 is 0. The second-order valence-electron chi connectivity index (χ2n) is 7.66. The van der Waals surface area contributed by atoms with Gasteiger partial charge in [0.05, 0.1) is 11.1 Å². The van der Waals surface area contributed by atoms with Crippen LogP contribution in [0.3, 0.4) is 0 Å². The normalized spacial score (nSPS) is 11.7. The first-order valence-electron chi connectivity index (χ1n) is 9.09. The zero-order chi connectivity index (χ0) is 20.6. The summed E-state index contributed by atoms with van der Waals surface area (Å²) in [5.74, 6) is -1.11. The molecule has 2 rings (SSSR count). The van der Waals surface area contributed by atoms with Gasteiger partial charge in [-0.15, -0.1) is 0 Å². The number of carbonyl (C=O) groups excluding carboxylic acids is 2. The van der Waals surface area contributed by atoms with Gasteiger partial charge < -0.3 is 0 Å². The number of hydrogen-bond donors (Lipinski definition) is 0. The lowest BCUT2D eigenvalue weighted by Crippen LogP contribution is -2.32. The molecule has 28 heavy (non-hydrogen) atoms. The van der Waals surface area contributed by atoms with E-state index in [2.05, 4.69) is 0 Å².